The van der Waals surface area contributed by atoms with Crippen molar-refractivity contribution in [2.75, 3.05) is 20.2 Å². The number of nitrogens with one attached hydrogen (secondary N) is 4. The van der Waals surface area contributed by atoms with Crippen molar-refractivity contribution in [2.24, 2.45) is 7.05 Å². The highest BCUT2D eigenvalue weighted by atomic mass is 35.5. The molecule has 12 nitrogen and oxygen atoms in total. The van der Waals surface area contributed by atoms with Crippen LogP contribution in [0.5, 0.6) is 5.88 Å². The van der Waals surface area contributed by atoms with Crippen molar-refractivity contribution < 1.29 is 23.1 Å². The van der Waals surface area contributed by atoms with Crippen LogP contribution in [0.15, 0.2) is 65.6 Å². The molecule has 0 bridgehead atoms. The lowest BCUT2D eigenvalue weighted by Gasteiger charge is -2.45. The number of alkyl halides is 2. The maximum atomic E-state index is 13.8. The first-order chi connectivity index (χ1) is 27.3. The summed E-state index contributed by atoms with van der Waals surface area (Å²) in [4.78, 5) is 41.6. The molecule has 4 N–H and O–H groups in total. The number of fused-ring (bicyclic) bond motifs is 1. The molecule has 1 aliphatic carbocycles. The third-order valence-electron chi connectivity index (χ3n) is 10.7. The van der Waals surface area contributed by atoms with E-state index in [0.717, 1.165) is 24.9 Å². The van der Waals surface area contributed by atoms with Crippen LogP contribution >= 0.6 is 23.2 Å². The second-order valence-corrected chi connectivity index (χ2v) is 15.5. The van der Waals surface area contributed by atoms with Gasteiger partial charge >= 0.3 is 5.92 Å². The summed E-state index contributed by atoms with van der Waals surface area (Å²) in [6.07, 6.45) is 4.17. The van der Waals surface area contributed by atoms with Gasteiger partial charge in [0.1, 0.15) is 11.3 Å². The van der Waals surface area contributed by atoms with Gasteiger partial charge in [0, 0.05) is 84.1 Å². The van der Waals surface area contributed by atoms with Crippen molar-refractivity contribution in [3.05, 3.63) is 92.6 Å². The number of carbonyl (C=O) groups excluding carboxylic acids is 2. The molecule has 0 unspecified atom stereocenters. The number of unbranched alkanes of at least 4 members (excludes halogenated alkanes) is 1. The predicted octanol–water partition coefficient (Wildman–Crippen LogP) is 6.29. The molecule has 1 spiro atoms. The van der Waals surface area contributed by atoms with Crippen molar-refractivity contribution in [3.8, 4) is 39.4 Å². The summed E-state index contributed by atoms with van der Waals surface area (Å²) in [6, 6.07) is 16.8. The van der Waals surface area contributed by atoms with Crippen molar-refractivity contribution in [1.82, 2.24) is 40.4 Å². The van der Waals surface area contributed by atoms with Crippen molar-refractivity contribution in [3.63, 3.8) is 0 Å². The lowest BCUT2D eigenvalue weighted by Crippen LogP contribution is -2.59. The van der Waals surface area contributed by atoms with Crippen LogP contribution in [0.1, 0.15) is 56.8 Å². The van der Waals surface area contributed by atoms with E-state index in [1.54, 1.807) is 26.4 Å². The number of hydrogen-bond acceptors (Lipinski definition) is 8. The summed E-state index contributed by atoms with van der Waals surface area (Å²) < 4.78 is 36.3. The van der Waals surface area contributed by atoms with E-state index in [1.807, 2.05) is 55.5 Å². The molecule has 4 heterocycles. The lowest BCUT2D eigenvalue weighted by molar-refractivity contribution is -0.139. The van der Waals surface area contributed by atoms with E-state index >= 15 is 0 Å². The second kappa shape index (κ2) is 16.5. The molecule has 1 aliphatic heterocycles. The molecule has 2 amide bonds. The van der Waals surface area contributed by atoms with Crippen LogP contribution < -0.4 is 31.6 Å². The van der Waals surface area contributed by atoms with Crippen LogP contribution in [-0.2, 0) is 29.7 Å². The molecule has 0 atom stereocenters. The van der Waals surface area contributed by atoms with Gasteiger partial charge in [0.15, 0.2) is 0 Å². The number of rotatable bonds is 15. The average Bonchev–Trinajstić information content (AvgIpc) is 3.71. The van der Waals surface area contributed by atoms with Gasteiger partial charge in [-0.2, -0.15) is 13.9 Å². The number of amides is 2. The van der Waals surface area contributed by atoms with E-state index in [4.69, 9.17) is 38.0 Å². The zero-order chi connectivity index (χ0) is 40.5. The second-order valence-electron chi connectivity index (χ2n) is 14.7. The van der Waals surface area contributed by atoms with Gasteiger partial charge in [0.05, 0.1) is 29.4 Å². The van der Waals surface area contributed by atoms with Crippen LogP contribution in [0.3, 0.4) is 0 Å². The Labute approximate surface area is 338 Å². The fourth-order valence-corrected chi connectivity index (χ4v) is 8.40. The van der Waals surface area contributed by atoms with E-state index < -0.39 is 23.8 Å². The summed E-state index contributed by atoms with van der Waals surface area (Å²) in [5.74, 6) is -3.56. The maximum Gasteiger partial charge on any atom is 0.326 e. The summed E-state index contributed by atoms with van der Waals surface area (Å²) in [5, 5.41) is 17.6. The van der Waals surface area contributed by atoms with Gasteiger partial charge in [-0.25, -0.2) is 9.50 Å². The van der Waals surface area contributed by atoms with E-state index in [2.05, 4.69) is 21.3 Å². The number of nitrogens with zero attached hydrogens (tertiary/aromatic N) is 4. The number of pyridine rings is 1. The van der Waals surface area contributed by atoms with Gasteiger partial charge in [0.25, 0.3) is 11.5 Å². The minimum atomic E-state index is -3.35. The molecule has 1 saturated carbocycles. The Bertz CT molecular complexity index is 2390. The summed E-state index contributed by atoms with van der Waals surface area (Å²) in [6.45, 7) is 4.08. The third kappa shape index (κ3) is 8.27. The van der Waals surface area contributed by atoms with Crippen LogP contribution in [-0.4, -0.2) is 68.7 Å². The number of benzene rings is 2. The first kappa shape index (κ1) is 40.3. The molecular formula is C41H44Cl2F2N8O4. The van der Waals surface area contributed by atoms with Crippen molar-refractivity contribution in [2.45, 2.75) is 76.0 Å². The number of carbonyl (C=O) groups is 2. The molecule has 7 rings (SSSR count). The van der Waals surface area contributed by atoms with Gasteiger partial charge < -0.3 is 26.0 Å². The molecular weight excluding hydrogens is 777 g/mol. The van der Waals surface area contributed by atoms with Gasteiger partial charge in [-0.15, -0.1) is 0 Å². The Morgan fingerprint density at radius 1 is 1.00 bits per heavy atom. The van der Waals surface area contributed by atoms with Crippen LogP contribution in [0, 0.1) is 0 Å². The SMILES string of the molecule is CCNC(=O)CCCCNCc1ccc(-c2cccc(-c3cccc(-c4cc5c(=O)n(C)c(CNC6CC7(C6)CC(F)(F)C(=O)N7)nn5c4)c3Cl)c2Cl)nc1OC. The topological polar surface area (TPSA) is 144 Å². The van der Waals surface area contributed by atoms with Crippen LogP contribution in [0.4, 0.5) is 8.78 Å². The van der Waals surface area contributed by atoms with Crippen LogP contribution in [0.25, 0.3) is 39.0 Å². The molecule has 1 saturated heterocycles. The van der Waals surface area contributed by atoms with E-state index in [1.165, 1.54) is 9.08 Å². The highest BCUT2D eigenvalue weighted by molar-refractivity contribution is 6.39. The smallest absolute Gasteiger partial charge is 0.326 e. The van der Waals surface area contributed by atoms with Gasteiger partial charge in [-0.05, 0) is 51.3 Å². The fraction of sp³-hybridized carbons (Fsp3) is 0.390. The van der Waals surface area contributed by atoms with Crippen molar-refractivity contribution >= 4 is 40.5 Å². The van der Waals surface area contributed by atoms with E-state index in [9.17, 15) is 23.2 Å². The largest absolute Gasteiger partial charge is 0.481 e. The number of ether oxygens (including phenoxy) is 1. The first-order valence-electron chi connectivity index (χ1n) is 18.9. The highest BCUT2D eigenvalue weighted by Crippen LogP contribution is 2.46. The first-order valence-corrected chi connectivity index (χ1v) is 19.7. The van der Waals surface area contributed by atoms with E-state index in [-0.39, 0.29) is 24.1 Å². The minimum absolute atomic E-state index is 0.0708. The molecule has 300 valence electrons. The zero-order valence-corrected chi connectivity index (χ0v) is 33.4. The minimum Gasteiger partial charge on any atom is -0.481 e. The Balaban J connectivity index is 1.06. The zero-order valence-electron chi connectivity index (χ0n) is 31.9. The van der Waals surface area contributed by atoms with Gasteiger partial charge in [-0.3, -0.25) is 19.0 Å². The number of hydrogen-bond donors (Lipinski definition) is 4. The highest BCUT2D eigenvalue weighted by Gasteiger charge is 2.60. The molecule has 3 aromatic heterocycles. The summed E-state index contributed by atoms with van der Waals surface area (Å²) in [7, 11) is 3.22. The summed E-state index contributed by atoms with van der Waals surface area (Å²) in [5.41, 5.74) is 4.18. The number of methoxy groups -OCH3 is 1. The normalized spacial score (nSPS) is 18.5. The molecule has 2 fully saturated rings. The fourth-order valence-electron chi connectivity index (χ4n) is 7.74. The average molecular weight is 822 g/mol. The number of halogens is 4. The third-order valence-corrected chi connectivity index (χ3v) is 11.5. The number of aromatic nitrogens is 4. The Morgan fingerprint density at radius 2 is 1.70 bits per heavy atom. The Morgan fingerprint density at radius 3 is 2.39 bits per heavy atom. The molecule has 5 aromatic rings. The van der Waals surface area contributed by atoms with E-state index in [0.29, 0.717) is 93.1 Å². The van der Waals surface area contributed by atoms with Gasteiger partial charge in [0.2, 0.25) is 11.8 Å². The molecule has 2 aromatic carbocycles. The summed E-state index contributed by atoms with van der Waals surface area (Å²) >= 11 is 14.2. The quantitative estimate of drug-likeness (QED) is 0.0904. The van der Waals surface area contributed by atoms with Crippen LogP contribution in [0.2, 0.25) is 10.0 Å². The monoisotopic (exact) mass is 820 g/mol. The Kier molecular flexibility index (Phi) is 11.7. The molecule has 2 aliphatic rings. The van der Waals surface area contributed by atoms with Gasteiger partial charge in [-0.1, -0.05) is 65.7 Å². The maximum absolute atomic E-state index is 13.8. The predicted molar refractivity (Wildman–Crippen MR) is 216 cm³/mol. The standard InChI is InChI=1S/C41H44Cl2F2N8O4/c1-4-47-34(54)13-5-6-16-46-20-24-14-15-31(49-37(24)57-3)30-12-8-11-29(36(30)43)28-10-7-9-27(35(28)42)25-17-32-38(55)52(2)33(51-53(32)22-25)21-48-26-18-40(19-26)23-41(44,45)39(56)50-40/h7-12,14-15,17,22,26,46,48H,4-6,13,16,18-21,23H2,1-3H3,(H,47,54)(H,50,56). The Hall–Kier alpha value is -4.89. The molecule has 0 radical (unpaired) electrons. The lowest BCUT2D eigenvalue weighted by atomic mass is 9.71. The molecule has 57 heavy (non-hydrogen) atoms. The molecule has 16 heteroatoms. The van der Waals surface area contributed by atoms with Crippen molar-refractivity contribution in [1.29, 1.82) is 0 Å².